The molecule has 0 fully saturated rings. The Morgan fingerprint density at radius 2 is 1.96 bits per heavy atom. The van der Waals surface area contributed by atoms with Crippen molar-refractivity contribution in [1.29, 1.82) is 0 Å². The van der Waals surface area contributed by atoms with Crippen LogP contribution in [0.1, 0.15) is 27.9 Å². The second-order valence-corrected chi connectivity index (χ2v) is 5.72. The molecule has 0 spiro atoms. The van der Waals surface area contributed by atoms with Gasteiger partial charge in [-0.15, -0.1) is 0 Å². The van der Waals surface area contributed by atoms with Crippen molar-refractivity contribution in [2.75, 3.05) is 10.6 Å². The summed E-state index contributed by atoms with van der Waals surface area (Å²) in [6, 6.07) is 8.80. The first kappa shape index (κ1) is 16.6. The molecule has 3 rings (SSSR count). The molecular weight excluding hydrogens is 327 g/mol. The van der Waals surface area contributed by atoms with Gasteiger partial charge in [0, 0.05) is 12.1 Å². The van der Waals surface area contributed by atoms with E-state index in [1.165, 1.54) is 24.3 Å². The molecule has 25 heavy (non-hydrogen) atoms. The summed E-state index contributed by atoms with van der Waals surface area (Å²) in [7, 11) is 0. The van der Waals surface area contributed by atoms with E-state index in [0.29, 0.717) is 29.7 Å². The highest BCUT2D eigenvalue weighted by Gasteiger charge is 2.19. The Balaban J connectivity index is 1.79. The SMILES string of the molecule is O=C(Cc1ccccc1C(=O)O)Nc1cc2c(cc1F)CCC(=O)N2. The summed E-state index contributed by atoms with van der Waals surface area (Å²) in [6.07, 6.45) is 0.535. The molecule has 0 unspecified atom stereocenters. The molecule has 6 nitrogen and oxygen atoms in total. The lowest BCUT2D eigenvalue weighted by Gasteiger charge is -2.18. The van der Waals surface area contributed by atoms with Crippen LogP contribution in [0.3, 0.4) is 0 Å². The molecule has 128 valence electrons. The number of nitrogens with one attached hydrogen (secondary N) is 2. The second-order valence-electron chi connectivity index (χ2n) is 5.72. The minimum atomic E-state index is -1.13. The first-order valence-corrected chi connectivity index (χ1v) is 7.67. The predicted molar refractivity (Wildman–Crippen MR) is 89.1 cm³/mol. The summed E-state index contributed by atoms with van der Waals surface area (Å²) in [5.41, 5.74) is 1.44. The summed E-state index contributed by atoms with van der Waals surface area (Å²) in [5, 5.41) is 14.2. The highest BCUT2D eigenvalue weighted by Crippen LogP contribution is 2.28. The lowest BCUT2D eigenvalue weighted by Crippen LogP contribution is -2.21. The van der Waals surface area contributed by atoms with Crippen LogP contribution in [0.2, 0.25) is 0 Å². The molecule has 1 heterocycles. The van der Waals surface area contributed by atoms with Gasteiger partial charge in [-0.2, -0.15) is 0 Å². The number of rotatable bonds is 4. The smallest absolute Gasteiger partial charge is 0.335 e. The number of hydrogen-bond acceptors (Lipinski definition) is 3. The molecule has 2 aromatic carbocycles. The van der Waals surface area contributed by atoms with Crippen molar-refractivity contribution in [2.45, 2.75) is 19.3 Å². The fraction of sp³-hybridized carbons (Fsp3) is 0.167. The number of carboxylic acids is 1. The van der Waals surface area contributed by atoms with Gasteiger partial charge in [-0.05, 0) is 35.7 Å². The molecule has 0 radical (unpaired) electrons. The topological polar surface area (TPSA) is 95.5 Å². The quantitative estimate of drug-likeness (QED) is 0.796. The maximum absolute atomic E-state index is 14.2. The van der Waals surface area contributed by atoms with Crippen molar-refractivity contribution in [1.82, 2.24) is 0 Å². The first-order chi connectivity index (χ1) is 11.9. The van der Waals surface area contributed by atoms with Crippen LogP contribution in [-0.2, 0) is 22.4 Å². The Morgan fingerprint density at radius 3 is 2.72 bits per heavy atom. The fourth-order valence-electron chi connectivity index (χ4n) is 2.74. The van der Waals surface area contributed by atoms with Crippen LogP contribution >= 0.6 is 0 Å². The van der Waals surface area contributed by atoms with Crippen LogP contribution in [0.5, 0.6) is 0 Å². The Kier molecular flexibility index (Phi) is 4.47. The standard InChI is InChI=1S/C18H15FN2O4/c19-13-7-11-5-6-16(22)20-14(11)9-15(13)21-17(23)8-10-3-1-2-4-12(10)18(24)25/h1-4,7,9H,5-6,8H2,(H,20,22)(H,21,23)(H,24,25). The molecule has 7 heteroatoms. The molecule has 0 aliphatic carbocycles. The van der Waals surface area contributed by atoms with E-state index in [0.717, 1.165) is 0 Å². The predicted octanol–water partition coefficient (Wildman–Crippen LogP) is 2.59. The van der Waals surface area contributed by atoms with Crippen LogP contribution < -0.4 is 10.6 Å². The summed E-state index contributed by atoms with van der Waals surface area (Å²) >= 11 is 0. The molecule has 0 saturated heterocycles. The van der Waals surface area contributed by atoms with E-state index in [4.69, 9.17) is 5.11 Å². The normalized spacial score (nSPS) is 12.9. The highest BCUT2D eigenvalue weighted by atomic mass is 19.1. The van der Waals surface area contributed by atoms with E-state index in [9.17, 15) is 18.8 Å². The molecule has 0 bridgehead atoms. The Bertz CT molecular complexity index is 879. The lowest BCUT2D eigenvalue weighted by atomic mass is 10.0. The Morgan fingerprint density at radius 1 is 1.20 bits per heavy atom. The molecule has 1 aliphatic heterocycles. The number of anilines is 2. The number of halogens is 1. The summed E-state index contributed by atoms with van der Waals surface area (Å²) < 4.78 is 14.2. The van der Waals surface area contributed by atoms with E-state index in [2.05, 4.69) is 10.6 Å². The van der Waals surface area contributed by atoms with Gasteiger partial charge < -0.3 is 15.7 Å². The monoisotopic (exact) mass is 342 g/mol. The van der Waals surface area contributed by atoms with Crippen molar-refractivity contribution in [3.8, 4) is 0 Å². The van der Waals surface area contributed by atoms with E-state index >= 15 is 0 Å². The zero-order chi connectivity index (χ0) is 18.0. The van der Waals surface area contributed by atoms with Gasteiger partial charge in [0.15, 0.2) is 0 Å². The molecule has 0 aromatic heterocycles. The van der Waals surface area contributed by atoms with Crippen LogP contribution in [0, 0.1) is 5.82 Å². The van der Waals surface area contributed by atoms with Crippen molar-refractivity contribution in [3.63, 3.8) is 0 Å². The van der Waals surface area contributed by atoms with Crippen LogP contribution in [0.15, 0.2) is 36.4 Å². The fourth-order valence-corrected chi connectivity index (χ4v) is 2.74. The maximum Gasteiger partial charge on any atom is 0.335 e. The van der Waals surface area contributed by atoms with Gasteiger partial charge >= 0.3 is 5.97 Å². The highest BCUT2D eigenvalue weighted by molar-refractivity contribution is 5.98. The van der Waals surface area contributed by atoms with Crippen molar-refractivity contribution in [2.24, 2.45) is 0 Å². The van der Waals surface area contributed by atoms with Gasteiger partial charge in [-0.1, -0.05) is 18.2 Å². The number of carboxylic acid groups (broad SMARTS) is 1. The van der Waals surface area contributed by atoms with Crippen LogP contribution in [-0.4, -0.2) is 22.9 Å². The van der Waals surface area contributed by atoms with E-state index in [1.807, 2.05) is 0 Å². The first-order valence-electron chi connectivity index (χ1n) is 7.67. The minimum absolute atomic E-state index is 0.0239. The molecule has 2 aromatic rings. The summed E-state index contributed by atoms with van der Waals surface area (Å²) in [4.78, 5) is 34.8. The maximum atomic E-state index is 14.2. The number of aromatic carboxylic acids is 1. The van der Waals surface area contributed by atoms with E-state index in [1.54, 1.807) is 12.1 Å². The number of benzene rings is 2. The molecule has 0 atom stereocenters. The van der Waals surface area contributed by atoms with Gasteiger partial charge in [0.1, 0.15) is 5.82 Å². The number of carbonyl (C=O) groups is 3. The number of hydrogen-bond donors (Lipinski definition) is 3. The van der Waals surface area contributed by atoms with Gasteiger partial charge in [0.2, 0.25) is 11.8 Å². The Hall–Kier alpha value is -3.22. The summed E-state index contributed by atoms with van der Waals surface area (Å²) in [5.74, 6) is -2.44. The van der Waals surface area contributed by atoms with Gasteiger partial charge in [-0.25, -0.2) is 9.18 Å². The van der Waals surface area contributed by atoms with Crippen molar-refractivity contribution < 1.29 is 23.9 Å². The van der Waals surface area contributed by atoms with Crippen LogP contribution in [0.4, 0.5) is 15.8 Å². The zero-order valence-electron chi connectivity index (χ0n) is 13.1. The average Bonchev–Trinajstić information content (AvgIpc) is 2.56. The van der Waals surface area contributed by atoms with E-state index < -0.39 is 17.7 Å². The third-order valence-electron chi connectivity index (χ3n) is 3.96. The Labute approximate surface area is 142 Å². The van der Waals surface area contributed by atoms with Gasteiger partial charge in [-0.3, -0.25) is 9.59 Å². The average molecular weight is 342 g/mol. The number of fused-ring (bicyclic) bond motifs is 1. The van der Waals surface area contributed by atoms with E-state index in [-0.39, 0.29) is 23.6 Å². The third kappa shape index (κ3) is 3.65. The van der Waals surface area contributed by atoms with Crippen molar-refractivity contribution in [3.05, 3.63) is 58.9 Å². The molecule has 2 amide bonds. The molecule has 1 aliphatic rings. The zero-order valence-corrected chi connectivity index (χ0v) is 13.1. The minimum Gasteiger partial charge on any atom is -0.478 e. The third-order valence-corrected chi connectivity index (χ3v) is 3.96. The number of amides is 2. The summed E-state index contributed by atoms with van der Waals surface area (Å²) in [6.45, 7) is 0. The molecule has 3 N–H and O–H groups in total. The number of aryl methyl sites for hydroxylation is 1. The van der Waals surface area contributed by atoms with Crippen LogP contribution in [0.25, 0.3) is 0 Å². The van der Waals surface area contributed by atoms with Gasteiger partial charge in [0.25, 0.3) is 0 Å². The van der Waals surface area contributed by atoms with Crippen molar-refractivity contribution >= 4 is 29.2 Å². The largest absolute Gasteiger partial charge is 0.478 e. The second kappa shape index (κ2) is 6.72. The molecular formula is C18H15FN2O4. The number of carbonyl (C=O) groups excluding carboxylic acids is 2. The lowest BCUT2D eigenvalue weighted by molar-refractivity contribution is -0.116. The van der Waals surface area contributed by atoms with Gasteiger partial charge in [0.05, 0.1) is 17.7 Å². The molecule has 0 saturated carbocycles.